The third kappa shape index (κ3) is 4.42. The minimum Gasteiger partial charge on any atom is -0.472 e. The summed E-state index contributed by atoms with van der Waals surface area (Å²) in [6, 6.07) is 6.67. The van der Waals surface area contributed by atoms with E-state index in [0.717, 1.165) is 0 Å². The summed E-state index contributed by atoms with van der Waals surface area (Å²) in [6.07, 6.45) is 2.31. The Morgan fingerprint density at radius 2 is 1.91 bits per heavy atom. The Balaban J connectivity index is 1.74. The second kappa shape index (κ2) is 7.37. The van der Waals surface area contributed by atoms with Crippen LogP contribution in [0.5, 0.6) is 0 Å². The molecule has 7 heteroatoms. The molecular weight excluding hydrogens is 291 g/mol. The molecule has 2 rings (SSSR count). The molecule has 3 N–H and O–H groups in total. The molecule has 0 aliphatic heterocycles. The summed E-state index contributed by atoms with van der Waals surface area (Å²) in [4.78, 5) is 23.2. The number of halogens is 1. The number of hydrogen-bond acceptors (Lipinski definition) is 4. The Bertz CT molecular complexity index is 626. The molecule has 1 aromatic carbocycles. The van der Waals surface area contributed by atoms with Crippen LogP contribution in [-0.4, -0.2) is 23.5 Å². The lowest BCUT2D eigenvalue weighted by atomic mass is 10.1. The van der Waals surface area contributed by atoms with Crippen molar-refractivity contribution in [2.24, 2.45) is 0 Å². The summed E-state index contributed by atoms with van der Waals surface area (Å²) in [5, 5.41) is 14.5. The molecule has 1 heterocycles. The third-order valence-electron chi connectivity index (χ3n) is 2.94. The van der Waals surface area contributed by atoms with Gasteiger partial charge >= 0.3 is 11.8 Å². The van der Waals surface area contributed by atoms with Crippen molar-refractivity contribution in [3.63, 3.8) is 0 Å². The molecule has 0 saturated heterocycles. The molecule has 0 aliphatic carbocycles. The smallest absolute Gasteiger partial charge is 0.313 e. The van der Waals surface area contributed by atoms with Crippen LogP contribution in [0.4, 0.5) is 10.1 Å². The molecule has 0 saturated carbocycles. The van der Waals surface area contributed by atoms with Gasteiger partial charge in [0.2, 0.25) is 0 Å². The Hall–Kier alpha value is -2.67. The molecule has 0 bridgehead atoms. The fourth-order valence-electron chi connectivity index (χ4n) is 1.76. The van der Waals surface area contributed by atoms with E-state index in [2.05, 4.69) is 10.6 Å². The number of carbonyl (C=O) groups excluding carboxylic acids is 2. The Labute approximate surface area is 125 Å². The van der Waals surface area contributed by atoms with E-state index < -0.39 is 23.7 Å². The topological polar surface area (TPSA) is 91.6 Å². The van der Waals surface area contributed by atoms with Gasteiger partial charge in [-0.2, -0.15) is 0 Å². The summed E-state index contributed by atoms with van der Waals surface area (Å²) in [7, 11) is 0. The number of rotatable bonds is 5. The van der Waals surface area contributed by atoms with Crippen LogP contribution >= 0.6 is 0 Å². The second-order valence-electron chi connectivity index (χ2n) is 4.58. The second-order valence-corrected chi connectivity index (χ2v) is 4.58. The van der Waals surface area contributed by atoms with E-state index in [1.165, 1.54) is 36.8 Å². The van der Waals surface area contributed by atoms with Gasteiger partial charge in [0.1, 0.15) is 5.82 Å². The van der Waals surface area contributed by atoms with Gasteiger partial charge in [0.05, 0.1) is 18.6 Å². The van der Waals surface area contributed by atoms with Crippen LogP contribution in [0.15, 0.2) is 47.3 Å². The van der Waals surface area contributed by atoms with Crippen molar-refractivity contribution in [2.45, 2.75) is 12.5 Å². The van der Waals surface area contributed by atoms with Gasteiger partial charge in [-0.05, 0) is 36.8 Å². The van der Waals surface area contributed by atoms with Crippen LogP contribution in [0.1, 0.15) is 18.1 Å². The first kappa shape index (κ1) is 15.7. The lowest BCUT2D eigenvalue weighted by Gasteiger charge is -2.09. The van der Waals surface area contributed by atoms with Crippen molar-refractivity contribution in [3.05, 3.63) is 54.2 Å². The summed E-state index contributed by atoms with van der Waals surface area (Å²) in [5.74, 6) is -2.12. The van der Waals surface area contributed by atoms with Gasteiger partial charge < -0.3 is 20.2 Å². The molecule has 0 radical (unpaired) electrons. The summed E-state index contributed by atoms with van der Waals surface area (Å²) in [6.45, 7) is 0.127. The molecular formula is C15H15FN2O4. The lowest BCUT2D eigenvalue weighted by Crippen LogP contribution is -2.36. The highest BCUT2D eigenvalue weighted by molar-refractivity contribution is 6.39. The predicted molar refractivity (Wildman–Crippen MR) is 76.3 cm³/mol. The van der Waals surface area contributed by atoms with Gasteiger partial charge in [-0.3, -0.25) is 9.59 Å². The van der Waals surface area contributed by atoms with Gasteiger partial charge in [0, 0.05) is 17.8 Å². The van der Waals surface area contributed by atoms with E-state index in [-0.39, 0.29) is 13.0 Å². The number of anilines is 1. The Morgan fingerprint density at radius 1 is 1.18 bits per heavy atom. The standard InChI is InChI=1S/C15H15FN2O4/c16-11-1-3-12(4-2-11)18-15(21)14(20)17-7-5-13(19)10-6-8-22-9-10/h1-4,6,8-9,13,19H,5,7H2,(H,17,20)(H,18,21). The molecule has 0 fully saturated rings. The first-order valence-corrected chi connectivity index (χ1v) is 6.61. The lowest BCUT2D eigenvalue weighted by molar-refractivity contribution is -0.136. The zero-order valence-corrected chi connectivity index (χ0v) is 11.6. The molecule has 2 amide bonds. The van der Waals surface area contributed by atoms with Gasteiger partial charge in [-0.25, -0.2) is 4.39 Å². The number of aliphatic hydroxyl groups excluding tert-OH is 1. The van der Waals surface area contributed by atoms with E-state index in [1.807, 2.05) is 0 Å². The number of amides is 2. The average Bonchev–Trinajstić information content (AvgIpc) is 3.03. The van der Waals surface area contributed by atoms with E-state index in [1.54, 1.807) is 6.07 Å². The summed E-state index contributed by atoms with van der Waals surface area (Å²) < 4.78 is 17.6. The van der Waals surface area contributed by atoms with Gasteiger partial charge in [-0.1, -0.05) is 0 Å². The molecule has 0 spiro atoms. The zero-order valence-electron chi connectivity index (χ0n) is 11.6. The van der Waals surface area contributed by atoms with Crippen molar-refractivity contribution < 1.29 is 23.5 Å². The normalized spacial score (nSPS) is 11.7. The molecule has 1 unspecified atom stereocenters. The maximum Gasteiger partial charge on any atom is 0.313 e. The van der Waals surface area contributed by atoms with Gasteiger partial charge in [0.15, 0.2) is 0 Å². The van der Waals surface area contributed by atoms with E-state index in [9.17, 15) is 19.1 Å². The van der Waals surface area contributed by atoms with Crippen molar-refractivity contribution in [1.82, 2.24) is 5.32 Å². The SMILES string of the molecule is O=C(NCCC(O)c1ccoc1)C(=O)Nc1ccc(F)cc1. The molecule has 6 nitrogen and oxygen atoms in total. The van der Waals surface area contributed by atoms with Gasteiger partial charge in [0.25, 0.3) is 0 Å². The minimum absolute atomic E-state index is 0.127. The van der Waals surface area contributed by atoms with Crippen LogP contribution in [-0.2, 0) is 9.59 Å². The number of aliphatic hydroxyl groups is 1. The largest absolute Gasteiger partial charge is 0.472 e. The van der Waals surface area contributed by atoms with Crippen LogP contribution in [0.3, 0.4) is 0 Å². The number of benzene rings is 1. The highest BCUT2D eigenvalue weighted by Gasteiger charge is 2.15. The van der Waals surface area contributed by atoms with Crippen molar-refractivity contribution in [1.29, 1.82) is 0 Å². The number of carbonyl (C=O) groups is 2. The van der Waals surface area contributed by atoms with Crippen molar-refractivity contribution in [3.8, 4) is 0 Å². The fourth-order valence-corrected chi connectivity index (χ4v) is 1.76. The highest BCUT2D eigenvalue weighted by Crippen LogP contribution is 2.15. The Kier molecular flexibility index (Phi) is 5.26. The maximum atomic E-state index is 12.7. The number of furan rings is 1. The Morgan fingerprint density at radius 3 is 2.55 bits per heavy atom. The molecule has 116 valence electrons. The molecule has 2 aromatic rings. The van der Waals surface area contributed by atoms with E-state index >= 15 is 0 Å². The summed E-state index contributed by atoms with van der Waals surface area (Å²) in [5.41, 5.74) is 0.921. The van der Waals surface area contributed by atoms with Crippen LogP contribution in [0.2, 0.25) is 0 Å². The van der Waals surface area contributed by atoms with Crippen molar-refractivity contribution in [2.75, 3.05) is 11.9 Å². The van der Waals surface area contributed by atoms with Gasteiger partial charge in [-0.15, -0.1) is 0 Å². The van der Waals surface area contributed by atoms with E-state index in [4.69, 9.17) is 4.42 Å². The zero-order chi connectivity index (χ0) is 15.9. The van der Waals surface area contributed by atoms with Crippen LogP contribution in [0, 0.1) is 5.82 Å². The quantitative estimate of drug-likeness (QED) is 0.732. The molecule has 1 atom stereocenters. The van der Waals surface area contributed by atoms with Crippen LogP contribution < -0.4 is 10.6 Å². The number of hydrogen-bond donors (Lipinski definition) is 3. The third-order valence-corrected chi connectivity index (χ3v) is 2.94. The van der Waals surface area contributed by atoms with Crippen LogP contribution in [0.25, 0.3) is 0 Å². The summed E-state index contributed by atoms with van der Waals surface area (Å²) >= 11 is 0. The first-order chi connectivity index (χ1) is 10.6. The predicted octanol–water partition coefficient (Wildman–Crippen LogP) is 1.60. The molecule has 1 aromatic heterocycles. The monoisotopic (exact) mass is 306 g/mol. The fraction of sp³-hybridized carbons (Fsp3) is 0.200. The first-order valence-electron chi connectivity index (χ1n) is 6.61. The highest BCUT2D eigenvalue weighted by atomic mass is 19.1. The van der Waals surface area contributed by atoms with Crippen molar-refractivity contribution >= 4 is 17.5 Å². The van der Waals surface area contributed by atoms with E-state index in [0.29, 0.717) is 11.3 Å². The average molecular weight is 306 g/mol. The molecule has 22 heavy (non-hydrogen) atoms. The maximum absolute atomic E-state index is 12.7. The number of nitrogens with one attached hydrogen (secondary N) is 2. The molecule has 0 aliphatic rings. The minimum atomic E-state index is -0.857.